The van der Waals surface area contributed by atoms with Crippen LogP contribution in [0.5, 0.6) is 0 Å². The molecule has 172 valence electrons. The Morgan fingerprint density at radius 3 is 1.65 bits per heavy atom. The summed E-state index contributed by atoms with van der Waals surface area (Å²) in [4.78, 5) is 9.87. The van der Waals surface area contributed by atoms with E-state index < -0.39 is 0 Å². The minimum absolute atomic E-state index is 0.263. The molecule has 0 atom stereocenters. The van der Waals surface area contributed by atoms with Gasteiger partial charge in [-0.25, -0.2) is 4.99 Å². The van der Waals surface area contributed by atoms with Crippen LogP contribution in [0, 0.1) is 13.8 Å². The van der Waals surface area contributed by atoms with E-state index in [1.165, 1.54) is 20.9 Å². The van der Waals surface area contributed by atoms with Gasteiger partial charge in [0.1, 0.15) is 5.84 Å². The standard InChI is InChI=1S/C30H30N2S2/c1-23-14-18-27(19-15-23)33-30(34-28-20-16-24(2)17-21-28)22-29(31-25-10-6-4-7-11-25)32(3)26-12-8-5-9-13-26/h4-21,30H,22H2,1-3H3. The number of benzene rings is 4. The van der Waals surface area contributed by atoms with E-state index in [4.69, 9.17) is 4.99 Å². The number of hydrogen-bond donors (Lipinski definition) is 0. The minimum Gasteiger partial charge on any atom is -0.333 e. The van der Waals surface area contributed by atoms with E-state index >= 15 is 0 Å². The van der Waals surface area contributed by atoms with Gasteiger partial charge in [0.2, 0.25) is 0 Å². The average Bonchev–Trinajstić information content (AvgIpc) is 2.87. The van der Waals surface area contributed by atoms with E-state index in [2.05, 4.69) is 117 Å². The quantitative estimate of drug-likeness (QED) is 0.108. The molecule has 0 N–H and O–H groups in total. The highest BCUT2D eigenvalue weighted by Crippen LogP contribution is 2.39. The van der Waals surface area contributed by atoms with Gasteiger partial charge in [-0.15, -0.1) is 23.5 Å². The van der Waals surface area contributed by atoms with Crippen molar-refractivity contribution in [3.63, 3.8) is 0 Å². The van der Waals surface area contributed by atoms with Gasteiger partial charge in [-0.05, 0) is 62.4 Å². The van der Waals surface area contributed by atoms with Crippen molar-refractivity contribution in [2.75, 3.05) is 11.9 Å². The van der Waals surface area contributed by atoms with Crippen molar-refractivity contribution in [2.24, 2.45) is 4.99 Å². The number of thioether (sulfide) groups is 2. The first kappa shape index (κ1) is 24.2. The fourth-order valence-electron chi connectivity index (χ4n) is 3.50. The molecule has 0 aliphatic rings. The molecule has 0 aromatic heterocycles. The summed E-state index contributed by atoms with van der Waals surface area (Å²) < 4.78 is 0.263. The second kappa shape index (κ2) is 12.0. The molecule has 0 amide bonds. The molecule has 0 aliphatic carbocycles. The first-order chi connectivity index (χ1) is 16.6. The van der Waals surface area contributed by atoms with Gasteiger partial charge in [0.05, 0.1) is 10.3 Å². The van der Waals surface area contributed by atoms with Crippen LogP contribution in [0.1, 0.15) is 17.5 Å². The van der Waals surface area contributed by atoms with Gasteiger partial charge in [0.15, 0.2) is 0 Å². The number of hydrogen-bond acceptors (Lipinski definition) is 3. The molecule has 4 rings (SSSR count). The first-order valence-corrected chi connectivity index (χ1v) is 13.2. The van der Waals surface area contributed by atoms with Crippen molar-refractivity contribution in [1.29, 1.82) is 0 Å². The second-order valence-corrected chi connectivity index (χ2v) is 11.1. The molecule has 0 heterocycles. The van der Waals surface area contributed by atoms with Gasteiger partial charge in [-0.2, -0.15) is 0 Å². The van der Waals surface area contributed by atoms with Crippen LogP contribution >= 0.6 is 23.5 Å². The highest BCUT2D eigenvalue weighted by atomic mass is 32.2. The van der Waals surface area contributed by atoms with Crippen LogP contribution in [0.2, 0.25) is 0 Å². The van der Waals surface area contributed by atoms with Gasteiger partial charge >= 0.3 is 0 Å². The predicted molar refractivity (Wildman–Crippen MR) is 151 cm³/mol. The molecule has 4 heteroatoms. The van der Waals surface area contributed by atoms with Gasteiger partial charge in [0.25, 0.3) is 0 Å². The zero-order valence-corrected chi connectivity index (χ0v) is 21.5. The SMILES string of the molecule is Cc1ccc(SC(CC(=Nc2ccccc2)N(C)c2ccccc2)Sc2ccc(C)cc2)cc1. The Labute approximate surface area is 212 Å². The maximum atomic E-state index is 5.10. The van der Waals surface area contributed by atoms with E-state index in [9.17, 15) is 0 Å². The number of nitrogens with zero attached hydrogens (tertiary/aromatic N) is 2. The van der Waals surface area contributed by atoms with E-state index in [1.807, 2.05) is 41.7 Å². The van der Waals surface area contributed by atoms with Crippen molar-refractivity contribution in [2.45, 2.75) is 34.6 Å². The molecule has 0 unspecified atom stereocenters. The molecule has 0 saturated carbocycles. The zero-order valence-electron chi connectivity index (χ0n) is 19.9. The first-order valence-electron chi connectivity index (χ1n) is 11.4. The summed E-state index contributed by atoms with van der Waals surface area (Å²) in [5, 5.41) is 0. The Morgan fingerprint density at radius 1 is 0.676 bits per heavy atom. The molecular formula is C30H30N2S2. The Kier molecular flexibility index (Phi) is 8.51. The molecule has 0 spiro atoms. The molecule has 34 heavy (non-hydrogen) atoms. The summed E-state index contributed by atoms with van der Waals surface area (Å²) in [5.41, 5.74) is 4.67. The lowest BCUT2D eigenvalue weighted by atomic mass is 10.2. The zero-order chi connectivity index (χ0) is 23.8. The fourth-order valence-corrected chi connectivity index (χ4v) is 6.02. The van der Waals surface area contributed by atoms with Crippen LogP contribution in [-0.2, 0) is 0 Å². The molecule has 4 aromatic rings. The Balaban J connectivity index is 1.66. The lowest BCUT2D eigenvalue weighted by Crippen LogP contribution is -2.28. The summed E-state index contributed by atoms with van der Waals surface area (Å²) in [7, 11) is 2.11. The van der Waals surface area contributed by atoms with Crippen molar-refractivity contribution in [1.82, 2.24) is 0 Å². The van der Waals surface area contributed by atoms with E-state index in [0.29, 0.717) is 0 Å². The molecule has 0 bridgehead atoms. The molecule has 0 fully saturated rings. The summed E-state index contributed by atoms with van der Waals surface area (Å²) in [6.07, 6.45) is 0.817. The third-order valence-corrected chi connectivity index (χ3v) is 8.00. The van der Waals surface area contributed by atoms with E-state index in [-0.39, 0.29) is 4.58 Å². The fraction of sp³-hybridized carbons (Fsp3) is 0.167. The van der Waals surface area contributed by atoms with E-state index in [0.717, 1.165) is 23.6 Å². The highest BCUT2D eigenvalue weighted by molar-refractivity contribution is 8.17. The summed E-state index contributed by atoms with van der Waals surface area (Å²) in [6, 6.07) is 38.3. The monoisotopic (exact) mass is 482 g/mol. The van der Waals surface area contributed by atoms with Crippen LogP contribution in [0.3, 0.4) is 0 Å². The Bertz CT molecular complexity index is 1140. The van der Waals surface area contributed by atoms with Crippen LogP contribution in [0.25, 0.3) is 0 Å². The maximum Gasteiger partial charge on any atom is 0.111 e. The molecule has 2 nitrogen and oxygen atoms in total. The van der Waals surface area contributed by atoms with Crippen LogP contribution < -0.4 is 4.90 Å². The van der Waals surface area contributed by atoms with Crippen molar-refractivity contribution >= 4 is 40.7 Å². The van der Waals surface area contributed by atoms with Crippen LogP contribution in [-0.4, -0.2) is 17.5 Å². The minimum atomic E-state index is 0.263. The summed E-state index contributed by atoms with van der Waals surface area (Å²) in [5.74, 6) is 1.04. The molecular weight excluding hydrogens is 452 g/mol. The molecule has 0 saturated heterocycles. The summed E-state index contributed by atoms with van der Waals surface area (Å²) in [6.45, 7) is 4.26. The second-order valence-electron chi connectivity index (χ2n) is 8.25. The Morgan fingerprint density at radius 2 is 1.15 bits per heavy atom. The molecule has 4 aromatic carbocycles. The number of para-hydroxylation sites is 2. The number of amidine groups is 1. The van der Waals surface area contributed by atoms with Gasteiger partial charge in [0, 0.05) is 28.9 Å². The normalized spacial score (nSPS) is 11.6. The molecule has 0 aliphatic heterocycles. The van der Waals surface area contributed by atoms with Gasteiger partial charge < -0.3 is 4.90 Å². The van der Waals surface area contributed by atoms with Crippen molar-refractivity contribution < 1.29 is 0 Å². The van der Waals surface area contributed by atoms with Crippen LogP contribution in [0.15, 0.2) is 124 Å². The topological polar surface area (TPSA) is 15.6 Å². The predicted octanol–water partition coefficient (Wildman–Crippen LogP) is 8.77. The number of anilines is 1. The van der Waals surface area contributed by atoms with Gasteiger partial charge in [-0.1, -0.05) is 71.8 Å². The van der Waals surface area contributed by atoms with Crippen LogP contribution in [0.4, 0.5) is 11.4 Å². The largest absolute Gasteiger partial charge is 0.333 e. The maximum absolute atomic E-state index is 5.10. The third-order valence-electron chi connectivity index (χ3n) is 5.47. The average molecular weight is 483 g/mol. The van der Waals surface area contributed by atoms with Crippen molar-refractivity contribution in [3.05, 3.63) is 120 Å². The highest BCUT2D eigenvalue weighted by Gasteiger charge is 2.19. The van der Waals surface area contributed by atoms with Crippen molar-refractivity contribution in [3.8, 4) is 0 Å². The Hall–Kier alpha value is -2.95. The smallest absolute Gasteiger partial charge is 0.111 e. The summed E-state index contributed by atoms with van der Waals surface area (Å²) >= 11 is 3.81. The van der Waals surface area contributed by atoms with E-state index in [1.54, 1.807) is 0 Å². The lowest BCUT2D eigenvalue weighted by Gasteiger charge is -2.25. The molecule has 0 radical (unpaired) electrons. The third kappa shape index (κ3) is 7.02. The number of rotatable bonds is 8. The van der Waals surface area contributed by atoms with Gasteiger partial charge in [-0.3, -0.25) is 0 Å². The number of aliphatic imine (C=N–C) groups is 1. The lowest BCUT2D eigenvalue weighted by molar-refractivity contribution is 1.12. The number of aryl methyl sites for hydroxylation is 2.